The van der Waals surface area contributed by atoms with E-state index < -0.39 is 6.10 Å². The van der Waals surface area contributed by atoms with Crippen LogP contribution in [0.3, 0.4) is 0 Å². The van der Waals surface area contributed by atoms with Gasteiger partial charge >= 0.3 is 0 Å². The van der Waals surface area contributed by atoms with Crippen molar-refractivity contribution in [2.24, 2.45) is 0 Å². The van der Waals surface area contributed by atoms with Crippen molar-refractivity contribution >= 4 is 0 Å². The van der Waals surface area contributed by atoms with E-state index in [1.54, 1.807) is 7.11 Å². The molecular formula is C7H14O3. The second-order valence-electron chi connectivity index (χ2n) is 1.87. The van der Waals surface area contributed by atoms with Crippen molar-refractivity contribution in [3.63, 3.8) is 0 Å². The van der Waals surface area contributed by atoms with Gasteiger partial charge in [-0.1, -0.05) is 6.08 Å². The molecule has 0 fully saturated rings. The second kappa shape index (κ2) is 6.74. The third-order valence-electron chi connectivity index (χ3n) is 0.992. The molecule has 0 bridgehead atoms. The van der Waals surface area contributed by atoms with Gasteiger partial charge in [0.1, 0.15) is 0 Å². The summed E-state index contributed by atoms with van der Waals surface area (Å²) in [5.41, 5.74) is 0. The van der Waals surface area contributed by atoms with E-state index in [1.807, 2.05) is 0 Å². The maximum atomic E-state index is 8.87. The zero-order chi connectivity index (χ0) is 7.82. The van der Waals surface area contributed by atoms with Crippen LogP contribution in [0.25, 0.3) is 0 Å². The molecule has 0 rings (SSSR count). The van der Waals surface area contributed by atoms with Gasteiger partial charge in [-0.2, -0.15) is 0 Å². The van der Waals surface area contributed by atoms with Gasteiger partial charge in [-0.25, -0.2) is 0 Å². The molecule has 1 N–H and O–H groups in total. The van der Waals surface area contributed by atoms with E-state index in [4.69, 9.17) is 14.6 Å². The van der Waals surface area contributed by atoms with Crippen LogP contribution in [0.4, 0.5) is 0 Å². The monoisotopic (exact) mass is 146 g/mol. The Bertz CT molecular complexity index is 82.9. The van der Waals surface area contributed by atoms with E-state index in [0.29, 0.717) is 19.8 Å². The van der Waals surface area contributed by atoms with Crippen molar-refractivity contribution in [2.75, 3.05) is 26.9 Å². The minimum atomic E-state index is -0.558. The molecule has 10 heavy (non-hydrogen) atoms. The first-order valence-corrected chi connectivity index (χ1v) is 3.18. The molecule has 3 heteroatoms. The number of hydrogen-bond donors (Lipinski definition) is 1. The van der Waals surface area contributed by atoms with E-state index in [2.05, 4.69) is 6.58 Å². The number of rotatable bonds is 6. The third kappa shape index (κ3) is 5.75. The van der Waals surface area contributed by atoms with Crippen molar-refractivity contribution in [1.29, 1.82) is 0 Å². The molecule has 0 aliphatic carbocycles. The molecule has 0 saturated heterocycles. The Labute approximate surface area is 61.3 Å². The lowest BCUT2D eigenvalue weighted by Crippen LogP contribution is -2.14. The third-order valence-corrected chi connectivity index (χ3v) is 0.992. The summed E-state index contributed by atoms with van der Waals surface area (Å²) in [4.78, 5) is 0. The lowest BCUT2D eigenvalue weighted by molar-refractivity contribution is 0.0295. The minimum Gasteiger partial charge on any atom is -0.387 e. The first-order chi connectivity index (χ1) is 4.81. The van der Waals surface area contributed by atoms with Crippen LogP contribution in [0.5, 0.6) is 0 Å². The van der Waals surface area contributed by atoms with Crippen molar-refractivity contribution in [3.8, 4) is 0 Å². The van der Waals surface area contributed by atoms with Gasteiger partial charge in [0.15, 0.2) is 0 Å². The molecule has 0 saturated carbocycles. The zero-order valence-corrected chi connectivity index (χ0v) is 6.25. The largest absolute Gasteiger partial charge is 0.387 e. The zero-order valence-electron chi connectivity index (χ0n) is 6.25. The number of aliphatic hydroxyl groups excluding tert-OH is 1. The van der Waals surface area contributed by atoms with E-state index in [-0.39, 0.29) is 0 Å². The molecule has 1 atom stereocenters. The van der Waals surface area contributed by atoms with E-state index >= 15 is 0 Å². The molecule has 0 aliphatic rings. The summed E-state index contributed by atoms with van der Waals surface area (Å²) in [6.45, 7) is 4.77. The van der Waals surface area contributed by atoms with E-state index in [0.717, 1.165) is 0 Å². The van der Waals surface area contributed by atoms with Crippen LogP contribution in [-0.2, 0) is 9.47 Å². The van der Waals surface area contributed by atoms with Gasteiger partial charge in [-0.15, -0.1) is 6.58 Å². The molecule has 0 heterocycles. The second-order valence-corrected chi connectivity index (χ2v) is 1.87. The van der Waals surface area contributed by atoms with Crippen molar-refractivity contribution in [1.82, 2.24) is 0 Å². The van der Waals surface area contributed by atoms with E-state index in [9.17, 15) is 0 Å². The maximum absolute atomic E-state index is 8.87. The average molecular weight is 146 g/mol. The highest BCUT2D eigenvalue weighted by molar-refractivity contribution is 4.76. The molecule has 60 valence electrons. The molecular weight excluding hydrogens is 132 g/mol. The number of methoxy groups -OCH3 is 1. The fourth-order valence-electron chi connectivity index (χ4n) is 0.414. The van der Waals surface area contributed by atoms with Gasteiger partial charge in [0.25, 0.3) is 0 Å². The fraction of sp³-hybridized carbons (Fsp3) is 0.714. The van der Waals surface area contributed by atoms with Crippen molar-refractivity contribution in [2.45, 2.75) is 6.10 Å². The van der Waals surface area contributed by atoms with Gasteiger partial charge in [0.2, 0.25) is 0 Å². The van der Waals surface area contributed by atoms with Gasteiger partial charge in [-0.05, 0) is 0 Å². The quantitative estimate of drug-likeness (QED) is 0.429. The van der Waals surface area contributed by atoms with Crippen LogP contribution >= 0.6 is 0 Å². The van der Waals surface area contributed by atoms with Crippen LogP contribution in [-0.4, -0.2) is 38.1 Å². The fourth-order valence-corrected chi connectivity index (χ4v) is 0.414. The predicted octanol–water partition coefficient (Wildman–Crippen LogP) is 0.196. The van der Waals surface area contributed by atoms with Crippen LogP contribution in [0, 0.1) is 0 Å². The summed E-state index contributed by atoms with van der Waals surface area (Å²) in [7, 11) is 1.60. The first-order valence-electron chi connectivity index (χ1n) is 3.18. The summed E-state index contributed by atoms with van der Waals surface area (Å²) < 4.78 is 9.71. The van der Waals surface area contributed by atoms with Crippen molar-refractivity contribution < 1.29 is 14.6 Å². The van der Waals surface area contributed by atoms with Crippen LogP contribution in [0.1, 0.15) is 0 Å². The number of hydrogen-bond acceptors (Lipinski definition) is 3. The summed E-state index contributed by atoms with van der Waals surface area (Å²) in [6.07, 6.45) is 0.879. The molecule has 0 aromatic rings. The molecule has 0 aromatic carbocycles. The first kappa shape index (κ1) is 9.62. The Morgan fingerprint density at radius 1 is 1.60 bits per heavy atom. The van der Waals surface area contributed by atoms with Gasteiger partial charge in [-0.3, -0.25) is 0 Å². The molecule has 1 unspecified atom stereocenters. The molecule has 0 aromatic heterocycles. The minimum absolute atomic E-state index is 0.298. The summed E-state index contributed by atoms with van der Waals surface area (Å²) >= 11 is 0. The molecule has 3 nitrogen and oxygen atoms in total. The number of aliphatic hydroxyl groups is 1. The summed E-state index contributed by atoms with van der Waals surface area (Å²) in [5.74, 6) is 0. The predicted molar refractivity (Wildman–Crippen MR) is 38.9 cm³/mol. The van der Waals surface area contributed by atoms with Crippen LogP contribution in [0.2, 0.25) is 0 Å². The van der Waals surface area contributed by atoms with Crippen molar-refractivity contribution in [3.05, 3.63) is 12.7 Å². The maximum Gasteiger partial charge on any atom is 0.0951 e. The number of ether oxygens (including phenoxy) is 2. The standard InChI is InChI=1S/C7H14O3/c1-3-7(8)6-10-5-4-9-2/h3,7-8H,1,4-6H2,2H3. The molecule has 0 radical (unpaired) electrons. The summed E-state index contributed by atoms with van der Waals surface area (Å²) in [5, 5.41) is 8.87. The Hall–Kier alpha value is -0.380. The van der Waals surface area contributed by atoms with Crippen LogP contribution in [0.15, 0.2) is 12.7 Å². The topological polar surface area (TPSA) is 38.7 Å². The Kier molecular flexibility index (Phi) is 6.48. The van der Waals surface area contributed by atoms with E-state index in [1.165, 1.54) is 6.08 Å². The highest BCUT2D eigenvalue weighted by Gasteiger charge is 1.95. The molecule has 0 aliphatic heterocycles. The Morgan fingerprint density at radius 3 is 2.80 bits per heavy atom. The normalized spacial score (nSPS) is 13.0. The average Bonchev–Trinajstić information content (AvgIpc) is 1.98. The lowest BCUT2D eigenvalue weighted by atomic mass is 10.4. The SMILES string of the molecule is C=CC(O)COCCOC. The van der Waals surface area contributed by atoms with Gasteiger partial charge < -0.3 is 14.6 Å². The highest BCUT2D eigenvalue weighted by atomic mass is 16.5. The van der Waals surface area contributed by atoms with Crippen LogP contribution < -0.4 is 0 Å². The van der Waals surface area contributed by atoms with Gasteiger partial charge in [0.05, 0.1) is 25.9 Å². The summed E-state index contributed by atoms with van der Waals surface area (Å²) in [6, 6.07) is 0. The smallest absolute Gasteiger partial charge is 0.0951 e. The highest BCUT2D eigenvalue weighted by Crippen LogP contribution is 1.85. The molecule has 0 spiro atoms. The Balaban J connectivity index is 2.95. The Morgan fingerprint density at radius 2 is 2.30 bits per heavy atom. The molecule has 0 amide bonds. The van der Waals surface area contributed by atoms with Gasteiger partial charge in [0, 0.05) is 7.11 Å². The lowest BCUT2D eigenvalue weighted by Gasteiger charge is -2.05.